The van der Waals surface area contributed by atoms with E-state index in [9.17, 15) is 4.79 Å². The SMILES string of the molecule is C#CCNC(=O)COc1ccc(Br)cc1CCN. The predicted octanol–water partition coefficient (Wildman–Crippen LogP) is 1.08. The molecule has 0 heterocycles. The van der Waals surface area contributed by atoms with Gasteiger partial charge in [-0.3, -0.25) is 4.79 Å². The normalized spacial score (nSPS) is 9.61. The van der Waals surface area contributed by atoms with Gasteiger partial charge in [0, 0.05) is 4.47 Å². The van der Waals surface area contributed by atoms with E-state index in [0.29, 0.717) is 18.7 Å². The van der Waals surface area contributed by atoms with E-state index < -0.39 is 0 Å². The van der Waals surface area contributed by atoms with E-state index in [1.165, 1.54) is 0 Å². The van der Waals surface area contributed by atoms with Crippen molar-refractivity contribution in [3.63, 3.8) is 0 Å². The Labute approximate surface area is 115 Å². The molecular formula is C13H15BrN2O2. The van der Waals surface area contributed by atoms with Gasteiger partial charge in [-0.05, 0) is 36.7 Å². The van der Waals surface area contributed by atoms with Crippen LogP contribution in [0.5, 0.6) is 5.75 Å². The zero-order valence-electron chi connectivity index (χ0n) is 9.91. The second kappa shape index (κ2) is 7.75. The lowest BCUT2D eigenvalue weighted by Gasteiger charge is -2.11. The van der Waals surface area contributed by atoms with Crippen molar-refractivity contribution in [2.75, 3.05) is 19.7 Å². The van der Waals surface area contributed by atoms with E-state index >= 15 is 0 Å². The molecule has 96 valence electrons. The summed E-state index contributed by atoms with van der Waals surface area (Å²) in [6.07, 6.45) is 5.73. The Morgan fingerprint density at radius 3 is 3.00 bits per heavy atom. The van der Waals surface area contributed by atoms with Crippen LogP contribution >= 0.6 is 15.9 Å². The van der Waals surface area contributed by atoms with Gasteiger partial charge in [0.15, 0.2) is 6.61 Å². The lowest BCUT2D eigenvalue weighted by atomic mass is 10.1. The molecule has 0 bridgehead atoms. The molecule has 1 amide bonds. The third kappa shape index (κ3) is 4.78. The number of hydrogen-bond acceptors (Lipinski definition) is 3. The number of hydrogen-bond donors (Lipinski definition) is 2. The van der Waals surface area contributed by atoms with Crippen LogP contribution in [-0.4, -0.2) is 25.6 Å². The molecule has 0 aliphatic carbocycles. The maximum absolute atomic E-state index is 11.3. The van der Waals surface area contributed by atoms with Gasteiger partial charge in [0.25, 0.3) is 5.91 Å². The summed E-state index contributed by atoms with van der Waals surface area (Å²) in [6.45, 7) is 0.676. The largest absolute Gasteiger partial charge is 0.483 e. The Balaban J connectivity index is 2.61. The van der Waals surface area contributed by atoms with Crippen molar-refractivity contribution in [1.29, 1.82) is 0 Å². The number of rotatable bonds is 6. The average molecular weight is 311 g/mol. The minimum Gasteiger partial charge on any atom is -0.483 e. The van der Waals surface area contributed by atoms with Crippen LogP contribution in [-0.2, 0) is 11.2 Å². The highest BCUT2D eigenvalue weighted by Gasteiger charge is 2.06. The molecule has 1 aromatic rings. The van der Waals surface area contributed by atoms with Crippen LogP contribution in [0.2, 0.25) is 0 Å². The molecule has 3 N–H and O–H groups in total. The second-order valence-corrected chi connectivity index (χ2v) is 4.48. The number of nitrogens with two attached hydrogens (primary N) is 1. The van der Waals surface area contributed by atoms with Gasteiger partial charge in [0.05, 0.1) is 6.54 Å². The van der Waals surface area contributed by atoms with Gasteiger partial charge in [-0.1, -0.05) is 21.9 Å². The number of carbonyl (C=O) groups is 1. The first-order chi connectivity index (χ1) is 8.67. The number of terminal acetylenes is 1. The predicted molar refractivity (Wildman–Crippen MR) is 74.2 cm³/mol. The van der Waals surface area contributed by atoms with Crippen molar-refractivity contribution < 1.29 is 9.53 Å². The van der Waals surface area contributed by atoms with Gasteiger partial charge in [-0.15, -0.1) is 6.42 Å². The molecule has 0 aliphatic rings. The molecular weight excluding hydrogens is 296 g/mol. The topological polar surface area (TPSA) is 64.3 Å². The van der Waals surface area contributed by atoms with Gasteiger partial charge in [0.1, 0.15) is 5.75 Å². The Kier molecular flexibility index (Phi) is 6.26. The average Bonchev–Trinajstić information content (AvgIpc) is 2.36. The molecule has 0 spiro atoms. The standard InChI is InChI=1S/C13H15BrN2O2/c1-2-7-16-13(17)9-18-12-4-3-11(14)8-10(12)5-6-15/h1,3-4,8H,5-7,9,15H2,(H,16,17). The molecule has 0 saturated heterocycles. The third-order valence-corrected chi connectivity index (χ3v) is 2.68. The Morgan fingerprint density at radius 1 is 1.56 bits per heavy atom. The van der Waals surface area contributed by atoms with Crippen LogP contribution in [0.25, 0.3) is 0 Å². The molecule has 0 atom stereocenters. The van der Waals surface area contributed by atoms with E-state index in [1.807, 2.05) is 18.2 Å². The molecule has 0 saturated carbocycles. The molecule has 0 radical (unpaired) electrons. The van der Waals surface area contributed by atoms with E-state index in [0.717, 1.165) is 10.0 Å². The number of carbonyl (C=O) groups excluding carboxylic acids is 1. The second-order valence-electron chi connectivity index (χ2n) is 3.56. The molecule has 0 unspecified atom stereocenters. The lowest BCUT2D eigenvalue weighted by molar-refractivity contribution is -0.122. The Hall–Kier alpha value is -1.51. The molecule has 0 fully saturated rings. The summed E-state index contributed by atoms with van der Waals surface area (Å²) in [7, 11) is 0. The molecule has 1 rings (SSSR count). The molecule has 0 aliphatic heterocycles. The molecule has 0 aromatic heterocycles. The van der Waals surface area contributed by atoms with Crippen LogP contribution < -0.4 is 15.8 Å². The van der Waals surface area contributed by atoms with Crippen molar-refractivity contribution in [3.05, 3.63) is 28.2 Å². The summed E-state index contributed by atoms with van der Waals surface area (Å²) in [5.41, 5.74) is 6.50. The van der Waals surface area contributed by atoms with Crippen molar-refractivity contribution in [2.24, 2.45) is 5.73 Å². The van der Waals surface area contributed by atoms with E-state index in [1.54, 1.807) is 0 Å². The van der Waals surface area contributed by atoms with Crippen LogP contribution in [0.15, 0.2) is 22.7 Å². The van der Waals surface area contributed by atoms with Crippen molar-refractivity contribution in [3.8, 4) is 18.1 Å². The molecule has 1 aromatic carbocycles. The minimum absolute atomic E-state index is 0.0547. The number of benzene rings is 1. The van der Waals surface area contributed by atoms with Crippen molar-refractivity contribution in [1.82, 2.24) is 5.32 Å². The number of nitrogens with one attached hydrogen (secondary N) is 1. The van der Waals surface area contributed by atoms with Gasteiger partial charge >= 0.3 is 0 Å². The number of ether oxygens (including phenoxy) is 1. The highest BCUT2D eigenvalue weighted by molar-refractivity contribution is 9.10. The quantitative estimate of drug-likeness (QED) is 0.773. The lowest BCUT2D eigenvalue weighted by Crippen LogP contribution is -2.29. The van der Waals surface area contributed by atoms with Gasteiger partial charge < -0.3 is 15.8 Å². The summed E-state index contributed by atoms with van der Waals surface area (Å²) in [5, 5.41) is 2.53. The van der Waals surface area contributed by atoms with Crippen molar-refractivity contribution >= 4 is 21.8 Å². The summed E-state index contributed by atoms with van der Waals surface area (Å²) in [6, 6.07) is 5.60. The van der Waals surface area contributed by atoms with Gasteiger partial charge in [-0.25, -0.2) is 0 Å². The monoisotopic (exact) mass is 310 g/mol. The van der Waals surface area contributed by atoms with E-state index in [4.69, 9.17) is 16.9 Å². The molecule has 4 nitrogen and oxygen atoms in total. The summed E-state index contributed by atoms with van der Waals surface area (Å²) >= 11 is 3.38. The number of amides is 1. The van der Waals surface area contributed by atoms with Crippen LogP contribution in [0, 0.1) is 12.3 Å². The van der Waals surface area contributed by atoms with Gasteiger partial charge in [-0.2, -0.15) is 0 Å². The highest BCUT2D eigenvalue weighted by atomic mass is 79.9. The van der Waals surface area contributed by atoms with Crippen molar-refractivity contribution in [2.45, 2.75) is 6.42 Å². The zero-order valence-corrected chi connectivity index (χ0v) is 11.5. The first kappa shape index (κ1) is 14.6. The maximum Gasteiger partial charge on any atom is 0.258 e. The fourth-order valence-corrected chi connectivity index (χ4v) is 1.79. The fourth-order valence-electron chi connectivity index (χ4n) is 1.38. The first-order valence-electron chi connectivity index (χ1n) is 5.49. The van der Waals surface area contributed by atoms with E-state index in [-0.39, 0.29) is 19.1 Å². The summed E-state index contributed by atoms with van der Waals surface area (Å²) < 4.78 is 6.40. The maximum atomic E-state index is 11.3. The smallest absolute Gasteiger partial charge is 0.258 e. The number of halogens is 1. The van der Waals surface area contributed by atoms with Crippen LogP contribution in [0.1, 0.15) is 5.56 Å². The summed E-state index contributed by atoms with van der Waals surface area (Å²) in [4.78, 5) is 11.3. The highest BCUT2D eigenvalue weighted by Crippen LogP contribution is 2.23. The molecule has 18 heavy (non-hydrogen) atoms. The Bertz CT molecular complexity index is 455. The Morgan fingerprint density at radius 2 is 2.33 bits per heavy atom. The zero-order chi connectivity index (χ0) is 13.4. The van der Waals surface area contributed by atoms with Crippen LogP contribution in [0.3, 0.4) is 0 Å². The van der Waals surface area contributed by atoms with E-state index in [2.05, 4.69) is 27.2 Å². The molecule has 5 heteroatoms. The first-order valence-corrected chi connectivity index (χ1v) is 6.28. The minimum atomic E-state index is -0.241. The van der Waals surface area contributed by atoms with Gasteiger partial charge in [0.2, 0.25) is 0 Å². The third-order valence-electron chi connectivity index (χ3n) is 2.18. The van der Waals surface area contributed by atoms with Crippen LogP contribution in [0.4, 0.5) is 0 Å². The fraction of sp³-hybridized carbons (Fsp3) is 0.308. The summed E-state index contributed by atoms with van der Waals surface area (Å²) in [5.74, 6) is 2.75.